The van der Waals surface area contributed by atoms with Crippen molar-refractivity contribution in [2.24, 2.45) is 0 Å². The average molecular weight is 359 g/mol. The number of nitrogens with zero attached hydrogens (tertiary/aromatic N) is 2. The number of rotatable bonds is 6. The van der Waals surface area contributed by atoms with Gasteiger partial charge >= 0.3 is 0 Å². The van der Waals surface area contributed by atoms with Gasteiger partial charge in [0.15, 0.2) is 11.5 Å². The molecule has 0 spiro atoms. The molecule has 0 saturated heterocycles. The second kappa shape index (κ2) is 8.18. The highest BCUT2D eigenvalue weighted by atomic mass is 35.5. The Hall–Kier alpha value is -3.04. The normalized spacial score (nSPS) is 10.9. The maximum Gasteiger partial charge on any atom is 0.269 e. The third-order valence-corrected chi connectivity index (χ3v) is 3.72. The van der Waals surface area contributed by atoms with Crippen LogP contribution in [0.2, 0.25) is 5.02 Å². The van der Waals surface area contributed by atoms with Crippen LogP contribution in [0.1, 0.15) is 18.1 Å². The quantitative estimate of drug-likeness (QED) is 0.323. The highest BCUT2D eigenvalue weighted by Crippen LogP contribution is 2.35. The van der Waals surface area contributed by atoms with Crippen LogP contribution in [-0.2, 0) is 0 Å². The highest BCUT2D eigenvalue weighted by molar-refractivity contribution is 6.32. The first-order valence-corrected chi connectivity index (χ1v) is 7.75. The number of methoxy groups -OCH3 is 1. The molecular formula is C18H15ClN2O4. The molecule has 0 fully saturated rings. The third kappa shape index (κ3) is 4.28. The number of nitro benzene ring substituents is 1. The van der Waals surface area contributed by atoms with Crippen molar-refractivity contribution in [1.29, 1.82) is 5.26 Å². The predicted molar refractivity (Wildman–Crippen MR) is 95.8 cm³/mol. The van der Waals surface area contributed by atoms with Crippen molar-refractivity contribution in [1.82, 2.24) is 0 Å². The van der Waals surface area contributed by atoms with Crippen LogP contribution in [0.5, 0.6) is 11.5 Å². The van der Waals surface area contributed by atoms with Gasteiger partial charge in [-0.15, -0.1) is 0 Å². The summed E-state index contributed by atoms with van der Waals surface area (Å²) in [6, 6.07) is 11.1. The van der Waals surface area contributed by atoms with Gasteiger partial charge in [0.1, 0.15) is 0 Å². The lowest BCUT2D eigenvalue weighted by atomic mass is 10.0. The number of hydrogen-bond acceptors (Lipinski definition) is 5. The van der Waals surface area contributed by atoms with E-state index in [1.54, 1.807) is 18.2 Å². The Morgan fingerprint density at radius 3 is 2.52 bits per heavy atom. The minimum Gasteiger partial charge on any atom is -0.493 e. The maximum absolute atomic E-state index is 10.7. The van der Waals surface area contributed by atoms with Gasteiger partial charge in [-0.1, -0.05) is 11.6 Å². The first kappa shape index (κ1) is 18.3. The van der Waals surface area contributed by atoms with Crippen molar-refractivity contribution in [2.75, 3.05) is 13.7 Å². The molecule has 0 saturated carbocycles. The van der Waals surface area contributed by atoms with Crippen LogP contribution in [0.4, 0.5) is 5.69 Å². The van der Waals surface area contributed by atoms with E-state index in [2.05, 4.69) is 6.07 Å². The van der Waals surface area contributed by atoms with E-state index >= 15 is 0 Å². The van der Waals surface area contributed by atoms with Gasteiger partial charge in [0.25, 0.3) is 5.69 Å². The van der Waals surface area contributed by atoms with Gasteiger partial charge in [0.05, 0.1) is 35.3 Å². The van der Waals surface area contributed by atoms with Gasteiger partial charge in [-0.25, -0.2) is 0 Å². The van der Waals surface area contributed by atoms with Crippen LogP contribution in [0.25, 0.3) is 11.6 Å². The SMILES string of the molecule is CCOc1cc(/C=C(/C#N)c2ccc([N+](=O)[O-])cc2)c(Cl)cc1OC. The molecule has 0 N–H and O–H groups in total. The Balaban J connectivity index is 2.47. The summed E-state index contributed by atoms with van der Waals surface area (Å²) >= 11 is 6.26. The summed E-state index contributed by atoms with van der Waals surface area (Å²) in [7, 11) is 1.52. The molecule has 0 amide bonds. The second-order valence-electron chi connectivity index (χ2n) is 4.93. The molecule has 0 heterocycles. The molecule has 0 bridgehead atoms. The summed E-state index contributed by atoms with van der Waals surface area (Å²) in [5.74, 6) is 1.01. The minimum absolute atomic E-state index is 0.0397. The van der Waals surface area contributed by atoms with E-state index in [1.807, 2.05) is 6.92 Å². The Morgan fingerprint density at radius 2 is 2.00 bits per heavy atom. The van der Waals surface area contributed by atoms with E-state index in [0.717, 1.165) is 0 Å². The number of allylic oxidation sites excluding steroid dienone is 1. The second-order valence-corrected chi connectivity index (χ2v) is 5.34. The maximum atomic E-state index is 10.7. The summed E-state index contributed by atoms with van der Waals surface area (Å²) in [6.45, 7) is 2.30. The molecule has 0 aromatic heterocycles. The predicted octanol–water partition coefficient (Wildman–Crippen LogP) is 4.72. The van der Waals surface area contributed by atoms with Crippen LogP contribution in [0.3, 0.4) is 0 Å². The Morgan fingerprint density at radius 1 is 1.32 bits per heavy atom. The van der Waals surface area contributed by atoms with Gasteiger partial charge in [-0.3, -0.25) is 10.1 Å². The number of nitriles is 1. The Labute approximate surface area is 150 Å². The van der Waals surface area contributed by atoms with Gasteiger partial charge in [-0.2, -0.15) is 5.26 Å². The van der Waals surface area contributed by atoms with Gasteiger partial charge < -0.3 is 9.47 Å². The number of halogens is 1. The molecule has 2 aromatic carbocycles. The number of hydrogen-bond donors (Lipinski definition) is 0. The zero-order valence-corrected chi connectivity index (χ0v) is 14.4. The summed E-state index contributed by atoms with van der Waals surface area (Å²) in [4.78, 5) is 10.2. The topological polar surface area (TPSA) is 85.4 Å². The summed E-state index contributed by atoms with van der Waals surface area (Å²) < 4.78 is 10.7. The largest absolute Gasteiger partial charge is 0.493 e. The van der Waals surface area contributed by atoms with E-state index < -0.39 is 4.92 Å². The van der Waals surface area contributed by atoms with E-state index in [9.17, 15) is 15.4 Å². The lowest BCUT2D eigenvalue weighted by molar-refractivity contribution is -0.384. The highest BCUT2D eigenvalue weighted by Gasteiger charge is 2.11. The molecule has 128 valence electrons. The third-order valence-electron chi connectivity index (χ3n) is 3.39. The summed E-state index contributed by atoms with van der Waals surface area (Å²) in [6.07, 6.45) is 1.60. The van der Waals surface area contributed by atoms with E-state index in [1.165, 1.54) is 31.4 Å². The monoisotopic (exact) mass is 358 g/mol. The average Bonchev–Trinajstić information content (AvgIpc) is 2.62. The van der Waals surface area contributed by atoms with Gasteiger partial charge in [0, 0.05) is 18.2 Å². The van der Waals surface area contributed by atoms with Crippen LogP contribution in [0, 0.1) is 21.4 Å². The molecule has 0 radical (unpaired) electrons. The van der Waals surface area contributed by atoms with Crippen molar-refractivity contribution >= 4 is 28.9 Å². The summed E-state index contributed by atoms with van der Waals surface area (Å²) in [5, 5.41) is 20.6. The molecule has 0 aliphatic heterocycles. The van der Waals surface area contributed by atoms with Crippen LogP contribution < -0.4 is 9.47 Å². The smallest absolute Gasteiger partial charge is 0.269 e. The van der Waals surface area contributed by atoms with E-state index in [-0.39, 0.29) is 5.69 Å². The van der Waals surface area contributed by atoms with Crippen molar-refractivity contribution in [3.05, 3.63) is 62.7 Å². The Bertz CT molecular complexity index is 855. The summed E-state index contributed by atoms with van der Waals surface area (Å²) in [5.41, 5.74) is 1.42. The molecule has 0 aliphatic carbocycles. The molecule has 2 rings (SSSR count). The van der Waals surface area contributed by atoms with Crippen molar-refractivity contribution < 1.29 is 14.4 Å². The number of benzene rings is 2. The minimum atomic E-state index is -0.492. The van der Waals surface area contributed by atoms with Crippen LogP contribution in [0.15, 0.2) is 36.4 Å². The lowest BCUT2D eigenvalue weighted by Crippen LogP contribution is -1.96. The van der Waals surface area contributed by atoms with Crippen molar-refractivity contribution in [2.45, 2.75) is 6.92 Å². The first-order chi connectivity index (χ1) is 12.0. The fourth-order valence-electron chi connectivity index (χ4n) is 2.19. The fourth-order valence-corrected chi connectivity index (χ4v) is 2.40. The lowest BCUT2D eigenvalue weighted by Gasteiger charge is -2.11. The molecule has 2 aromatic rings. The zero-order valence-electron chi connectivity index (χ0n) is 13.7. The first-order valence-electron chi connectivity index (χ1n) is 7.37. The van der Waals surface area contributed by atoms with E-state index in [0.29, 0.717) is 39.8 Å². The van der Waals surface area contributed by atoms with Gasteiger partial charge in [-0.05, 0) is 42.3 Å². The number of nitro groups is 1. The zero-order chi connectivity index (χ0) is 18.4. The Kier molecular flexibility index (Phi) is 5.98. The molecular weight excluding hydrogens is 344 g/mol. The molecule has 7 heteroatoms. The van der Waals surface area contributed by atoms with E-state index in [4.69, 9.17) is 21.1 Å². The standard InChI is InChI=1S/C18H15ClN2O4/c1-3-25-18-9-13(16(19)10-17(18)24-2)8-14(11-20)12-4-6-15(7-5-12)21(22)23/h4-10H,3H2,1-2H3/b14-8-. The fraction of sp³-hybridized carbons (Fsp3) is 0.167. The van der Waals surface area contributed by atoms with Crippen molar-refractivity contribution in [3.8, 4) is 17.6 Å². The van der Waals surface area contributed by atoms with Crippen molar-refractivity contribution in [3.63, 3.8) is 0 Å². The van der Waals surface area contributed by atoms with Gasteiger partial charge in [0.2, 0.25) is 0 Å². The molecule has 6 nitrogen and oxygen atoms in total. The molecule has 0 aliphatic rings. The van der Waals surface area contributed by atoms with Crippen LogP contribution in [-0.4, -0.2) is 18.6 Å². The van der Waals surface area contributed by atoms with Crippen LogP contribution >= 0.6 is 11.6 Å². The number of ether oxygens (including phenoxy) is 2. The molecule has 0 unspecified atom stereocenters. The molecule has 0 atom stereocenters. The number of non-ortho nitro benzene ring substituents is 1. The molecule has 25 heavy (non-hydrogen) atoms.